The average molecular weight is 233 g/mol. The van der Waals surface area contributed by atoms with Crippen LogP contribution in [0.1, 0.15) is 4.88 Å². The molecule has 0 unspecified atom stereocenters. The van der Waals surface area contributed by atoms with Gasteiger partial charge in [-0.15, -0.1) is 11.3 Å². The van der Waals surface area contributed by atoms with Crippen molar-refractivity contribution in [2.45, 2.75) is 6.92 Å². The fourth-order valence-electron chi connectivity index (χ4n) is 1.25. The standard InChI is InChI=1S/C12H11NO2S/c1-9-11(7-8-16-9)13-12(14)15-10-5-3-2-4-6-10/h2-8H,1H3,(H,13,14). The normalized spacial score (nSPS) is 9.81. The molecule has 1 N–H and O–H groups in total. The summed E-state index contributed by atoms with van der Waals surface area (Å²) in [6.45, 7) is 1.95. The monoisotopic (exact) mass is 233 g/mol. The molecule has 4 heteroatoms. The molecule has 1 heterocycles. The van der Waals surface area contributed by atoms with Gasteiger partial charge in [0.05, 0.1) is 5.69 Å². The van der Waals surface area contributed by atoms with E-state index in [-0.39, 0.29) is 0 Å². The van der Waals surface area contributed by atoms with E-state index in [9.17, 15) is 4.79 Å². The number of nitrogens with one attached hydrogen (secondary N) is 1. The van der Waals surface area contributed by atoms with Crippen molar-refractivity contribution in [3.05, 3.63) is 46.7 Å². The molecule has 0 bridgehead atoms. The van der Waals surface area contributed by atoms with Crippen molar-refractivity contribution in [3.63, 3.8) is 0 Å². The minimum Gasteiger partial charge on any atom is -0.410 e. The highest BCUT2D eigenvalue weighted by atomic mass is 32.1. The van der Waals surface area contributed by atoms with Crippen molar-refractivity contribution in [1.82, 2.24) is 0 Å². The smallest absolute Gasteiger partial charge is 0.410 e. The van der Waals surface area contributed by atoms with E-state index in [1.165, 1.54) is 0 Å². The Hall–Kier alpha value is -1.81. The summed E-state index contributed by atoms with van der Waals surface area (Å²) in [7, 11) is 0. The number of rotatable bonds is 2. The number of carbonyl (C=O) groups excluding carboxylic acids is 1. The van der Waals surface area contributed by atoms with Gasteiger partial charge in [0, 0.05) is 4.88 Å². The molecule has 82 valence electrons. The fraction of sp³-hybridized carbons (Fsp3) is 0.0833. The van der Waals surface area contributed by atoms with Crippen LogP contribution in [0.2, 0.25) is 0 Å². The number of amides is 1. The summed E-state index contributed by atoms with van der Waals surface area (Å²) in [5.41, 5.74) is 0.797. The van der Waals surface area contributed by atoms with Gasteiger partial charge in [-0.1, -0.05) is 18.2 Å². The first-order chi connectivity index (χ1) is 7.75. The maximum absolute atomic E-state index is 11.5. The average Bonchev–Trinajstić information content (AvgIpc) is 2.66. The number of hydrogen-bond acceptors (Lipinski definition) is 3. The van der Waals surface area contributed by atoms with E-state index in [4.69, 9.17) is 4.74 Å². The molecule has 0 saturated heterocycles. The van der Waals surface area contributed by atoms with Crippen LogP contribution in [0.5, 0.6) is 5.75 Å². The molecule has 1 amide bonds. The Balaban J connectivity index is 1.98. The number of carbonyl (C=O) groups is 1. The van der Waals surface area contributed by atoms with Crippen LogP contribution in [0.3, 0.4) is 0 Å². The Labute approximate surface area is 97.7 Å². The summed E-state index contributed by atoms with van der Waals surface area (Å²) in [5, 5.41) is 4.61. The van der Waals surface area contributed by atoms with E-state index < -0.39 is 6.09 Å². The van der Waals surface area contributed by atoms with Gasteiger partial charge in [-0.05, 0) is 30.5 Å². The van der Waals surface area contributed by atoms with Gasteiger partial charge in [-0.3, -0.25) is 5.32 Å². The third-order valence-corrected chi connectivity index (χ3v) is 2.89. The summed E-state index contributed by atoms with van der Waals surface area (Å²) in [6, 6.07) is 10.8. The molecule has 0 radical (unpaired) electrons. The number of para-hydroxylation sites is 1. The molecule has 1 aromatic carbocycles. The third kappa shape index (κ3) is 2.61. The SMILES string of the molecule is Cc1sccc1NC(=O)Oc1ccccc1. The highest BCUT2D eigenvalue weighted by Gasteiger charge is 2.06. The Bertz CT molecular complexity index is 479. The third-order valence-electron chi connectivity index (χ3n) is 2.05. The fourth-order valence-corrected chi connectivity index (χ4v) is 1.90. The predicted molar refractivity (Wildman–Crippen MR) is 65.1 cm³/mol. The lowest BCUT2D eigenvalue weighted by atomic mass is 10.3. The maximum atomic E-state index is 11.5. The Kier molecular flexibility index (Phi) is 3.22. The molecular weight excluding hydrogens is 222 g/mol. The van der Waals surface area contributed by atoms with Crippen LogP contribution in [0, 0.1) is 6.92 Å². The molecule has 2 rings (SSSR count). The van der Waals surface area contributed by atoms with Crippen LogP contribution >= 0.6 is 11.3 Å². The van der Waals surface area contributed by atoms with Gasteiger partial charge in [0.15, 0.2) is 0 Å². The van der Waals surface area contributed by atoms with Gasteiger partial charge in [0.2, 0.25) is 0 Å². The molecule has 0 aliphatic heterocycles. The number of anilines is 1. The molecule has 2 aromatic rings. The second kappa shape index (κ2) is 4.81. The second-order valence-electron chi connectivity index (χ2n) is 3.22. The lowest BCUT2D eigenvalue weighted by Crippen LogP contribution is -2.16. The van der Waals surface area contributed by atoms with E-state index in [1.54, 1.807) is 23.5 Å². The molecule has 0 atom stereocenters. The van der Waals surface area contributed by atoms with Gasteiger partial charge < -0.3 is 4.74 Å². The first-order valence-electron chi connectivity index (χ1n) is 4.83. The van der Waals surface area contributed by atoms with E-state index in [1.807, 2.05) is 36.6 Å². The van der Waals surface area contributed by atoms with Gasteiger partial charge in [-0.2, -0.15) is 0 Å². The predicted octanol–water partition coefficient (Wildman–Crippen LogP) is 3.67. The Morgan fingerprint density at radius 2 is 2.00 bits per heavy atom. The van der Waals surface area contributed by atoms with Crippen molar-refractivity contribution >= 4 is 23.1 Å². The summed E-state index contributed by atoms with van der Waals surface area (Å²) >= 11 is 1.58. The van der Waals surface area contributed by atoms with E-state index in [0.717, 1.165) is 10.6 Å². The van der Waals surface area contributed by atoms with Gasteiger partial charge in [0.1, 0.15) is 5.75 Å². The molecule has 3 nitrogen and oxygen atoms in total. The van der Waals surface area contributed by atoms with Crippen LogP contribution in [0.15, 0.2) is 41.8 Å². The minimum atomic E-state index is -0.465. The Morgan fingerprint density at radius 1 is 1.25 bits per heavy atom. The van der Waals surface area contributed by atoms with Crippen LogP contribution in [0.25, 0.3) is 0 Å². The zero-order valence-electron chi connectivity index (χ0n) is 8.77. The zero-order chi connectivity index (χ0) is 11.4. The molecule has 16 heavy (non-hydrogen) atoms. The maximum Gasteiger partial charge on any atom is 0.417 e. The van der Waals surface area contributed by atoms with Gasteiger partial charge in [0.25, 0.3) is 0 Å². The molecule has 0 fully saturated rings. The van der Waals surface area contributed by atoms with Crippen molar-refractivity contribution in [2.75, 3.05) is 5.32 Å². The largest absolute Gasteiger partial charge is 0.417 e. The van der Waals surface area contributed by atoms with Gasteiger partial charge in [-0.25, -0.2) is 4.79 Å². The van der Waals surface area contributed by atoms with Crippen LogP contribution in [-0.4, -0.2) is 6.09 Å². The molecule has 0 spiro atoms. The van der Waals surface area contributed by atoms with E-state index in [0.29, 0.717) is 5.75 Å². The van der Waals surface area contributed by atoms with Crippen molar-refractivity contribution in [3.8, 4) is 5.75 Å². The highest BCUT2D eigenvalue weighted by molar-refractivity contribution is 7.10. The van der Waals surface area contributed by atoms with Crippen LogP contribution in [-0.2, 0) is 0 Å². The van der Waals surface area contributed by atoms with E-state index in [2.05, 4.69) is 5.32 Å². The zero-order valence-corrected chi connectivity index (χ0v) is 9.58. The number of thiophene rings is 1. The minimum absolute atomic E-state index is 0.465. The number of hydrogen-bond donors (Lipinski definition) is 1. The molecular formula is C12H11NO2S. The quantitative estimate of drug-likeness (QED) is 0.859. The summed E-state index contributed by atoms with van der Waals surface area (Å²) in [4.78, 5) is 12.6. The number of benzene rings is 1. The van der Waals surface area contributed by atoms with Crippen molar-refractivity contribution < 1.29 is 9.53 Å². The van der Waals surface area contributed by atoms with Crippen LogP contribution < -0.4 is 10.1 Å². The summed E-state index contributed by atoms with van der Waals surface area (Å²) in [5.74, 6) is 0.535. The lowest BCUT2D eigenvalue weighted by Gasteiger charge is -2.05. The lowest BCUT2D eigenvalue weighted by molar-refractivity contribution is 0.215. The first-order valence-corrected chi connectivity index (χ1v) is 5.71. The van der Waals surface area contributed by atoms with E-state index >= 15 is 0 Å². The molecule has 0 saturated carbocycles. The number of ether oxygens (including phenoxy) is 1. The van der Waals surface area contributed by atoms with Crippen LogP contribution in [0.4, 0.5) is 10.5 Å². The van der Waals surface area contributed by atoms with Crippen molar-refractivity contribution in [2.24, 2.45) is 0 Å². The summed E-state index contributed by atoms with van der Waals surface area (Å²) in [6.07, 6.45) is -0.465. The molecule has 0 aliphatic rings. The highest BCUT2D eigenvalue weighted by Crippen LogP contribution is 2.21. The van der Waals surface area contributed by atoms with Crippen molar-refractivity contribution in [1.29, 1.82) is 0 Å². The van der Waals surface area contributed by atoms with Gasteiger partial charge >= 0.3 is 6.09 Å². The Morgan fingerprint density at radius 3 is 2.62 bits per heavy atom. The second-order valence-corrected chi connectivity index (χ2v) is 4.34. The number of aryl methyl sites for hydroxylation is 1. The topological polar surface area (TPSA) is 38.3 Å². The molecule has 0 aliphatic carbocycles. The summed E-state index contributed by atoms with van der Waals surface area (Å²) < 4.78 is 5.10. The molecule has 1 aromatic heterocycles. The first kappa shape index (κ1) is 10.7.